The zero-order valence-corrected chi connectivity index (χ0v) is 22.6. The lowest BCUT2D eigenvalue weighted by Gasteiger charge is -2.34. The van der Waals surface area contributed by atoms with Crippen molar-refractivity contribution >= 4 is 33.6 Å². The topological polar surface area (TPSA) is 81.5 Å². The molecule has 2 saturated heterocycles. The Morgan fingerprint density at radius 2 is 1.77 bits per heavy atom. The molecule has 208 valence electrons. The molecule has 2 aliphatic rings. The van der Waals surface area contributed by atoms with Crippen molar-refractivity contribution in [3.63, 3.8) is 0 Å². The Balaban J connectivity index is 1.63. The number of nitrogens with zero attached hydrogens (tertiary/aromatic N) is 3. The number of halogens is 3. The number of benzene rings is 3. The smallest absolute Gasteiger partial charge is 0.160 e. The summed E-state index contributed by atoms with van der Waals surface area (Å²) in [5, 5.41) is 25.3. The molecule has 3 heterocycles. The van der Waals surface area contributed by atoms with Gasteiger partial charge in [-0.2, -0.15) is 0 Å². The summed E-state index contributed by atoms with van der Waals surface area (Å²) in [6.07, 6.45) is 5.37. The minimum Gasteiger partial charge on any atom is -0.508 e. The van der Waals surface area contributed by atoms with E-state index in [2.05, 4.69) is 15.3 Å². The molecule has 0 unspecified atom stereocenters. The van der Waals surface area contributed by atoms with Crippen LogP contribution in [0.2, 0.25) is 0 Å². The number of nitrogens with one attached hydrogen (secondary N) is 1. The predicted octanol–water partition coefficient (Wildman–Crippen LogP) is 5.86. The summed E-state index contributed by atoms with van der Waals surface area (Å²) in [6.45, 7) is 6.25. The fourth-order valence-corrected chi connectivity index (χ4v) is 6.05. The molecule has 1 aromatic heterocycles. The van der Waals surface area contributed by atoms with Gasteiger partial charge in [-0.15, -0.1) is 0 Å². The first kappa shape index (κ1) is 26.5. The molecule has 0 radical (unpaired) electrons. The Labute approximate surface area is 230 Å². The van der Waals surface area contributed by atoms with Gasteiger partial charge >= 0.3 is 0 Å². The number of hydrogen-bond donors (Lipinski definition) is 3. The highest BCUT2D eigenvalue weighted by Gasteiger charge is 2.34. The predicted molar refractivity (Wildman–Crippen MR) is 151 cm³/mol. The second-order valence-corrected chi connectivity index (χ2v) is 11.3. The van der Waals surface area contributed by atoms with Crippen LogP contribution in [0.3, 0.4) is 0 Å². The average molecular weight is 549 g/mol. The minimum atomic E-state index is -1.15. The van der Waals surface area contributed by atoms with E-state index < -0.39 is 28.6 Å². The molecule has 40 heavy (non-hydrogen) atoms. The van der Waals surface area contributed by atoms with Gasteiger partial charge in [-0.05, 0) is 91.4 Å². The van der Waals surface area contributed by atoms with Gasteiger partial charge in [0.25, 0.3) is 0 Å². The van der Waals surface area contributed by atoms with Crippen LogP contribution in [0.5, 0.6) is 5.75 Å². The van der Waals surface area contributed by atoms with Gasteiger partial charge in [0.1, 0.15) is 28.7 Å². The minimum absolute atomic E-state index is 0.0530. The normalized spacial score (nSPS) is 19.4. The maximum atomic E-state index is 16.6. The second kappa shape index (κ2) is 9.74. The standard InChI is InChI=1S/C31H31F3N4O2/c1-4-20-23(32)8-5-16-11-19(39)12-21(26(16)20)27-24(33)13-22-29(28(27)34)36-25(9-10-31(2,3)40)37-30(22)38-14-17-6-7-18(15-38)35-17/h5,8-13,17-18,35,39-40H,4,6-7,14-15H2,1-3H3/b10-9+/t17-,18+. The van der Waals surface area contributed by atoms with E-state index >= 15 is 8.78 Å². The first-order chi connectivity index (χ1) is 19.0. The first-order valence-corrected chi connectivity index (χ1v) is 13.6. The monoisotopic (exact) mass is 548 g/mol. The molecule has 2 fully saturated rings. The first-order valence-electron chi connectivity index (χ1n) is 13.6. The van der Waals surface area contributed by atoms with Crippen LogP contribution in [0.25, 0.3) is 38.9 Å². The van der Waals surface area contributed by atoms with Crippen LogP contribution in [0, 0.1) is 17.5 Å². The number of anilines is 1. The molecule has 3 N–H and O–H groups in total. The molecule has 0 saturated carbocycles. The van der Waals surface area contributed by atoms with Gasteiger partial charge < -0.3 is 20.4 Å². The molecule has 6 rings (SSSR count). The lowest BCUT2D eigenvalue weighted by Crippen LogP contribution is -2.51. The Hall–Kier alpha value is -3.69. The highest BCUT2D eigenvalue weighted by atomic mass is 19.1. The van der Waals surface area contributed by atoms with Crippen molar-refractivity contribution in [2.45, 2.75) is 57.7 Å². The Morgan fingerprint density at radius 1 is 1.05 bits per heavy atom. The summed E-state index contributed by atoms with van der Waals surface area (Å²) >= 11 is 0. The number of aryl methyl sites for hydroxylation is 1. The molecule has 2 aliphatic heterocycles. The Kier molecular flexibility index (Phi) is 6.46. The van der Waals surface area contributed by atoms with Crippen LogP contribution in [-0.2, 0) is 6.42 Å². The fraction of sp³-hybridized carbons (Fsp3) is 0.355. The van der Waals surface area contributed by atoms with Gasteiger partial charge in [0.2, 0.25) is 0 Å². The van der Waals surface area contributed by atoms with E-state index in [9.17, 15) is 14.6 Å². The van der Waals surface area contributed by atoms with Gasteiger partial charge in [0.15, 0.2) is 11.6 Å². The Bertz CT molecular complexity index is 1670. The van der Waals surface area contributed by atoms with E-state index in [4.69, 9.17) is 0 Å². The molecule has 3 aromatic carbocycles. The third-order valence-corrected chi connectivity index (χ3v) is 7.81. The SMILES string of the molecule is CCc1c(F)ccc2cc(O)cc(-c3c(F)cc4c(N5C[C@H]6CC[C@@H](C5)N6)nc(/C=C/C(C)(C)O)nc4c3F)c12. The molecule has 0 spiro atoms. The average Bonchev–Trinajstić information content (AvgIpc) is 3.24. The van der Waals surface area contributed by atoms with E-state index in [1.165, 1.54) is 42.5 Å². The van der Waals surface area contributed by atoms with Gasteiger partial charge in [-0.3, -0.25) is 0 Å². The largest absolute Gasteiger partial charge is 0.508 e. The van der Waals surface area contributed by atoms with Crippen LogP contribution in [0.4, 0.5) is 19.0 Å². The van der Waals surface area contributed by atoms with Crippen LogP contribution in [0.1, 0.15) is 45.0 Å². The number of hydrogen-bond acceptors (Lipinski definition) is 6. The van der Waals surface area contributed by atoms with Gasteiger partial charge in [-0.1, -0.05) is 13.0 Å². The summed E-state index contributed by atoms with van der Waals surface area (Å²) < 4.78 is 47.4. The molecular formula is C31H31F3N4O2. The van der Waals surface area contributed by atoms with Gasteiger partial charge in [0.05, 0.1) is 11.2 Å². The van der Waals surface area contributed by atoms with Gasteiger partial charge in [-0.25, -0.2) is 23.1 Å². The summed E-state index contributed by atoms with van der Waals surface area (Å²) in [7, 11) is 0. The molecule has 6 nitrogen and oxygen atoms in total. The molecule has 4 aromatic rings. The third-order valence-electron chi connectivity index (χ3n) is 7.81. The van der Waals surface area contributed by atoms with Crippen molar-refractivity contribution in [1.29, 1.82) is 0 Å². The van der Waals surface area contributed by atoms with Crippen LogP contribution < -0.4 is 10.2 Å². The maximum absolute atomic E-state index is 16.6. The highest BCUT2D eigenvalue weighted by Crippen LogP contribution is 2.41. The maximum Gasteiger partial charge on any atom is 0.160 e. The lowest BCUT2D eigenvalue weighted by molar-refractivity contribution is 0.134. The zero-order chi connectivity index (χ0) is 28.3. The van der Waals surface area contributed by atoms with E-state index in [1.54, 1.807) is 20.8 Å². The number of aromatic hydroxyl groups is 1. The van der Waals surface area contributed by atoms with Crippen LogP contribution >= 0.6 is 0 Å². The number of piperazine rings is 1. The van der Waals surface area contributed by atoms with Gasteiger partial charge in [0, 0.05) is 30.6 Å². The molecule has 0 amide bonds. The zero-order valence-electron chi connectivity index (χ0n) is 22.6. The molecule has 9 heteroatoms. The summed E-state index contributed by atoms with van der Waals surface area (Å²) in [4.78, 5) is 11.2. The van der Waals surface area contributed by atoms with Crippen LogP contribution in [0.15, 0.2) is 36.4 Å². The van der Waals surface area contributed by atoms with E-state index in [1.807, 2.05) is 4.90 Å². The van der Waals surface area contributed by atoms with E-state index in [-0.39, 0.29) is 40.1 Å². The summed E-state index contributed by atoms with van der Waals surface area (Å²) in [5.74, 6) is -1.86. The number of phenolic OH excluding ortho intramolecular Hbond substituents is 1. The third kappa shape index (κ3) is 4.67. The molecule has 2 atom stereocenters. The van der Waals surface area contributed by atoms with E-state index in [0.29, 0.717) is 41.7 Å². The van der Waals surface area contributed by atoms with Crippen molar-refractivity contribution in [2.75, 3.05) is 18.0 Å². The van der Waals surface area contributed by atoms with Crippen molar-refractivity contribution in [3.8, 4) is 16.9 Å². The van der Waals surface area contributed by atoms with Crippen molar-refractivity contribution in [3.05, 3.63) is 65.2 Å². The Morgan fingerprint density at radius 3 is 2.45 bits per heavy atom. The van der Waals surface area contributed by atoms with Crippen molar-refractivity contribution in [2.24, 2.45) is 0 Å². The summed E-state index contributed by atoms with van der Waals surface area (Å²) in [5.41, 5.74) is -1.28. The lowest BCUT2D eigenvalue weighted by atomic mass is 9.91. The quantitative estimate of drug-likeness (QED) is 0.290. The summed E-state index contributed by atoms with van der Waals surface area (Å²) in [6, 6.07) is 7.24. The highest BCUT2D eigenvalue weighted by molar-refractivity contribution is 6.03. The van der Waals surface area contributed by atoms with Crippen LogP contribution in [-0.4, -0.2) is 51.0 Å². The second-order valence-electron chi connectivity index (χ2n) is 11.3. The van der Waals surface area contributed by atoms with Crippen molar-refractivity contribution < 1.29 is 23.4 Å². The van der Waals surface area contributed by atoms with Crippen molar-refractivity contribution in [1.82, 2.24) is 15.3 Å². The number of aromatic nitrogens is 2. The molecule has 0 aliphatic carbocycles. The van der Waals surface area contributed by atoms with E-state index in [0.717, 1.165) is 12.8 Å². The number of phenols is 1. The fourth-order valence-electron chi connectivity index (χ4n) is 6.05. The molecular weight excluding hydrogens is 517 g/mol. The number of aliphatic hydroxyl groups is 1. The molecule has 2 bridgehead atoms. The number of fused-ring (bicyclic) bond motifs is 4. The number of rotatable bonds is 5.